The molecule has 0 aliphatic rings. The molecule has 0 heterocycles. The van der Waals surface area contributed by atoms with E-state index in [0.29, 0.717) is 0 Å². The van der Waals surface area contributed by atoms with Gasteiger partial charge in [-0.15, -0.1) is 0 Å². The van der Waals surface area contributed by atoms with E-state index < -0.39 is 0 Å². The summed E-state index contributed by atoms with van der Waals surface area (Å²) < 4.78 is 0. The van der Waals surface area contributed by atoms with Gasteiger partial charge in [-0.1, -0.05) is 0 Å². The number of hydrogen-bond donors (Lipinski definition) is 3. The predicted molar refractivity (Wildman–Crippen MR) is 59.3 cm³/mol. The van der Waals surface area contributed by atoms with Crippen molar-refractivity contribution in [2.45, 2.75) is 59.9 Å². The Morgan fingerprint density at radius 1 is 0.533 bits per heavy atom. The smallest absolute Gasteiger partial charge is 0.0483 e. The van der Waals surface area contributed by atoms with Crippen molar-refractivity contribution in [1.29, 1.82) is 0 Å². The van der Waals surface area contributed by atoms with Gasteiger partial charge in [0.2, 0.25) is 0 Å². The van der Waals surface area contributed by atoms with Crippen LogP contribution in [0.15, 0.2) is 0 Å². The van der Waals surface area contributed by atoms with Crippen LogP contribution in [0.3, 0.4) is 0 Å². The second-order valence-corrected chi connectivity index (χ2v) is 3.28. The van der Waals surface area contributed by atoms with E-state index in [1.54, 1.807) is 41.5 Å². The van der Waals surface area contributed by atoms with Gasteiger partial charge in [-0.2, -0.15) is 0 Å². The van der Waals surface area contributed by atoms with Crippen LogP contribution in [0.4, 0.5) is 0 Å². The largest absolute Gasteiger partial charge is 0.412 e. The van der Waals surface area contributed by atoms with E-state index >= 15 is 0 Å². The number of aliphatic hydroxyl groups is 3. The van der Waals surface area contributed by atoms with Gasteiger partial charge in [-0.05, 0) is 41.5 Å². The summed E-state index contributed by atoms with van der Waals surface area (Å²) in [5, 5.41) is 24.2. The zero-order chi connectivity index (χ0) is 10.7. The zero-order valence-corrected chi connectivity index (χ0v) is 13.0. The van der Waals surface area contributed by atoms with Crippen molar-refractivity contribution in [1.82, 2.24) is 0 Å². The first-order valence-corrected chi connectivity index (χ1v) is 4.24. The Morgan fingerprint density at radius 2 is 0.533 bits per heavy atom. The SMILES string of the molecule is CC(C)O.CC(C)O.CC(C)O.O.O.[Zr]. The molecule has 0 aromatic heterocycles. The first-order chi connectivity index (χ1) is 5.20. The average molecular weight is 308 g/mol. The third kappa shape index (κ3) is 5060. The molecule has 0 spiro atoms. The van der Waals surface area contributed by atoms with E-state index in [1.807, 2.05) is 0 Å². The minimum Gasteiger partial charge on any atom is -0.412 e. The molecule has 5 nitrogen and oxygen atoms in total. The molecule has 7 N–H and O–H groups in total. The molecule has 0 saturated carbocycles. The Hall–Kier alpha value is 0.683. The molecule has 0 rings (SSSR count). The molecule has 0 aliphatic carbocycles. The van der Waals surface area contributed by atoms with Crippen molar-refractivity contribution in [3.63, 3.8) is 0 Å². The quantitative estimate of drug-likeness (QED) is 0.559. The van der Waals surface area contributed by atoms with Gasteiger partial charge in [0, 0.05) is 44.5 Å². The molecule has 0 aromatic carbocycles. The Bertz CT molecular complexity index is 47.0. The summed E-state index contributed by atoms with van der Waals surface area (Å²) in [6.45, 7) is 10.3. The topological polar surface area (TPSA) is 124 Å². The van der Waals surface area contributed by atoms with Crippen LogP contribution < -0.4 is 0 Å². The summed E-state index contributed by atoms with van der Waals surface area (Å²) >= 11 is 0. The van der Waals surface area contributed by atoms with E-state index in [0.717, 1.165) is 0 Å². The molecule has 0 fully saturated rings. The third-order valence-corrected chi connectivity index (χ3v) is 0. The van der Waals surface area contributed by atoms with Crippen LogP contribution in [0.25, 0.3) is 0 Å². The molecule has 0 radical (unpaired) electrons. The minimum absolute atomic E-state index is 0. The van der Waals surface area contributed by atoms with Gasteiger partial charge < -0.3 is 26.3 Å². The summed E-state index contributed by atoms with van der Waals surface area (Å²) in [5.41, 5.74) is 0. The van der Waals surface area contributed by atoms with Crippen LogP contribution in [-0.4, -0.2) is 44.6 Å². The third-order valence-electron chi connectivity index (χ3n) is 0. The van der Waals surface area contributed by atoms with Crippen molar-refractivity contribution in [2.75, 3.05) is 0 Å². The summed E-state index contributed by atoms with van der Waals surface area (Å²) in [4.78, 5) is 0. The maximum Gasteiger partial charge on any atom is 0.0483 e. The maximum atomic E-state index is 8.06. The molecule has 0 atom stereocenters. The first kappa shape index (κ1) is 36.1. The predicted octanol–water partition coefficient (Wildman–Crippen LogP) is -0.491. The Morgan fingerprint density at radius 3 is 0.533 bits per heavy atom. The van der Waals surface area contributed by atoms with Gasteiger partial charge in [0.25, 0.3) is 0 Å². The van der Waals surface area contributed by atoms with Crippen LogP contribution in [0, 0.1) is 0 Å². The molecule has 0 saturated heterocycles. The standard InChI is InChI=1S/3C3H8O.2H2O.Zr/c3*1-3(2)4;;;/h3*3-4H,1-2H3;2*1H2;. The Labute approximate surface area is 112 Å². The first-order valence-electron chi connectivity index (χ1n) is 4.24. The fourth-order valence-electron chi connectivity index (χ4n) is 0. The van der Waals surface area contributed by atoms with Crippen molar-refractivity contribution >= 4 is 0 Å². The van der Waals surface area contributed by atoms with Gasteiger partial charge in [-0.25, -0.2) is 0 Å². The van der Waals surface area contributed by atoms with Crippen molar-refractivity contribution in [2.24, 2.45) is 0 Å². The van der Waals surface area contributed by atoms with Crippen LogP contribution in [0.1, 0.15) is 41.5 Å². The molecule has 6 heteroatoms. The number of rotatable bonds is 0. The van der Waals surface area contributed by atoms with Gasteiger partial charge in [-0.3, -0.25) is 0 Å². The summed E-state index contributed by atoms with van der Waals surface area (Å²) in [7, 11) is 0. The molecule has 15 heavy (non-hydrogen) atoms. The monoisotopic (exact) mass is 306 g/mol. The Balaban J connectivity index is -0.0000000184. The van der Waals surface area contributed by atoms with Crippen molar-refractivity contribution in [3.05, 3.63) is 0 Å². The summed E-state index contributed by atoms with van der Waals surface area (Å²) in [6, 6.07) is 0. The number of aliphatic hydroxyl groups excluding tert-OH is 3. The van der Waals surface area contributed by atoms with E-state index in [9.17, 15) is 0 Å². The second kappa shape index (κ2) is 29.3. The summed E-state index contributed by atoms with van der Waals surface area (Å²) in [5.74, 6) is 0. The molecule has 0 aliphatic heterocycles. The van der Waals surface area contributed by atoms with Crippen LogP contribution in [-0.2, 0) is 26.2 Å². The van der Waals surface area contributed by atoms with Gasteiger partial charge in [0.15, 0.2) is 0 Å². The molecule has 0 amide bonds. The molecule has 0 aromatic rings. The zero-order valence-electron chi connectivity index (χ0n) is 10.6. The number of hydrogen-bond acceptors (Lipinski definition) is 3. The van der Waals surface area contributed by atoms with Crippen molar-refractivity contribution in [3.8, 4) is 0 Å². The molecular formula is C9H28O5Zr. The van der Waals surface area contributed by atoms with Gasteiger partial charge >= 0.3 is 0 Å². The minimum atomic E-state index is -0.167. The van der Waals surface area contributed by atoms with Crippen LogP contribution in [0.2, 0.25) is 0 Å². The second-order valence-electron chi connectivity index (χ2n) is 3.28. The molecule has 98 valence electrons. The van der Waals surface area contributed by atoms with E-state index in [-0.39, 0.29) is 55.5 Å². The normalized spacial score (nSPS) is 7.20. The molecule has 0 unspecified atom stereocenters. The van der Waals surface area contributed by atoms with E-state index in [4.69, 9.17) is 15.3 Å². The Kier molecular flexibility index (Phi) is 70.5. The van der Waals surface area contributed by atoms with Gasteiger partial charge in [0.05, 0.1) is 0 Å². The van der Waals surface area contributed by atoms with Crippen molar-refractivity contribution < 1.29 is 52.5 Å². The fraction of sp³-hybridized carbons (Fsp3) is 1.00. The summed E-state index contributed by atoms with van der Waals surface area (Å²) in [6.07, 6.45) is -0.500. The van der Waals surface area contributed by atoms with E-state index in [1.165, 1.54) is 0 Å². The molecular weight excluding hydrogens is 279 g/mol. The fourth-order valence-corrected chi connectivity index (χ4v) is 0. The van der Waals surface area contributed by atoms with Gasteiger partial charge in [0.1, 0.15) is 0 Å². The maximum absolute atomic E-state index is 8.06. The van der Waals surface area contributed by atoms with Crippen LogP contribution >= 0.6 is 0 Å². The average Bonchev–Trinajstić information content (AvgIpc) is 1.54. The van der Waals surface area contributed by atoms with E-state index in [2.05, 4.69) is 0 Å². The van der Waals surface area contributed by atoms with Crippen LogP contribution in [0.5, 0.6) is 0 Å². The molecule has 0 bridgehead atoms.